The molecule has 0 saturated carbocycles. The molecule has 0 saturated heterocycles. The average molecular weight is 321 g/mol. The smallest absolute Gasteiger partial charge is 0.348 e. The second-order valence-corrected chi connectivity index (χ2v) is 5.26. The zero-order chi connectivity index (χ0) is 16.7. The fourth-order valence-electron chi connectivity index (χ4n) is 2.55. The van der Waals surface area contributed by atoms with Crippen LogP contribution >= 0.6 is 0 Å². The van der Waals surface area contributed by atoms with E-state index in [9.17, 15) is 14.4 Å². The monoisotopic (exact) mass is 321 g/mol. The van der Waals surface area contributed by atoms with Crippen molar-refractivity contribution in [3.05, 3.63) is 74.8 Å². The van der Waals surface area contributed by atoms with Crippen LogP contribution in [0.5, 0.6) is 0 Å². The molecule has 118 valence electrons. The lowest BCUT2D eigenvalue weighted by atomic mass is 10.2. The van der Waals surface area contributed by atoms with Gasteiger partial charge in [-0.3, -0.25) is 9.59 Å². The minimum absolute atomic E-state index is 0.0760. The Hall–Kier alpha value is -3.55. The molecule has 1 aromatic carbocycles. The van der Waals surface area contributed by atoms with Gasteiger partial charge in [0.15, 0.2) is 11.4 Å². The largest absolute Gasteiger partial charge is 0.359 e. The molecular formula is C16H11N5O3. The lowest BCUT2D eigenvalue weighted by Crippen LogP contribution is -2.28. The second kappa shape index (κ2) is 5.27. The highest BCUT2D eigenvalue weighted by atomic mass is 16.2. The number of ketones is 1. The molecule has 8 heteroatoms. The molecule has 0 amide bonds. The molecule has 2 N–H and O–H groups in total. The number of hydrogen-bond donors (Lipinski definition) is 2. The van der Waals surface area contributed by atoms with Gasteiger partial charge in [0.2, 0.25) is 0 Å². The summed E-state index contributed by atoms with van der Waals surface area (Å²) in [5, 5.41) is 4.64. The minimum Gasteiger partial charge on any atom is -0.359 e. The molecule has 0 radical (unpaired) electrons. The van der Waals surface area contributed by atoms with E-state index in [2.05, 4.69) is 20.1 Å². The minimum atomic E-state index is -0.620. The number of H-pyrrole nitrogens is 2. The zero-order valence-corrected chi connectivity index (χ0v) is 12.3. The predicted octanol–water partition coefficient (Wildman–Crippen LogP) is 0.684. The number of nitrogens with zero attached hydrogens (tertiary/aromatic N) is 3. The van der Waals surface area contributed by atoms with Gasteiger partial charge in [-0.25, -0.2) is 4.79 Å². The average Bonchev–Trinajstić information content (AvgIpc) is 3.11. The third kappa shape index (κ3) is 2.21. The highest BCUT2D eigenvalue weighted by Gasteiger charge is 2.15. The molecule has 0 aliphatic heterocycles. The quantitative estimate of drug-likeness (QED) is 0.426. The van der Waals surface area contributed by atoms with Gasteiger partial charge in [-0.1, -0.05) is 12.1 Å². The van der Waals surface area contributed by atoms with E-state index in [4.69, 9.17) is 0 Å². The Morgan fingerprint density at radius 2 is 1.96 bits per heavy atom. The Labute approximate surface area is 133 Å². The summed E-state index contributed by atoms with van der Waals surface area (Å²) in [6.45, 7) is 0. The van der Waals surface area contributed by atoms with Crippen LogP contribution in [-0.4, -0.2) is 30.3 Å². The lowest BCUT2D eigenvalue weighted by molar-refractivity contribution is 0.0987. The van der Waals surface area contributed by atoms with E-state index in [-0.39, 0.29) is 23.5 Å². The number of aromatic amines is 2. The number of Topliss-reactive ketones (excluding diaryl/α,β-unsaturated/α-hetero) is 1. The molecule has 0 unspecified atom stereocenters. The number of para-hydroxylation sites is 1. The first-order valence-corrected chi connectivity index (χ1v) is 7.21. The predicted molar refractivity (Wildman–Crippen MR) is 86.2 cm³/mol. The topological polar surface area (TPSA) is 113 Å². The standard InChI is InChI=1S/C16H11N5O3/c22-13(11-6-3-7-17-11)8-12-15(23)19-14-9-4-1-2-5-10(9)18-16(24)21(14)20-12/h1-7,17H,8H2,(H,18,24). The van der Waals surface area contributed by atoms with Gasteiger partial charge in [-0.05, 0) is 24.3 Å². The van der Waals surface area contributed by atoms with Gasteiger partial charge < -0.3 is 9.97 Å². The number of carbonyl (C=O) groups excluding carboxylic acids is 1. The molecule has 3 heterocycles. The molecule has 24 heavy (non-hydrogen) atoms. The summed E-state index contributed by atoms with van der Waals surface area (Å²) in [5.74, 6) is -0.302. The van der Waals surface area contributed by atoms with E-state index < -0.39 is 11.2 Å². The van der Waals surface area contributed by atoms with Gasteiger partial charge >= 0.3 is 5.69 Å². The van der Waals surface area contributed by atoms with E-state index in [1.54, 1.807) is 42.6 Å². The molecular weight excluding hydrogens is 310 g/mol. The molecule has 0 bridgehead atoms. The Balaban J connectivity index is 1.90. The van der Waals surface area contributed by atoms with Gasteiger partial charge in [-0.15, -0.1) is 0 Å². The summed E-state index contributed by atoms with van der Waals surface area (Å²) < 4.78 is 1.01. The summed E-state index contributed by atoms with van der Waals surface area (Å²) in [4.78, 5) is 46.0. The molecule has 0 spiro atoms. The number of aromatic nitrogens is 5. The summed E-state index contributed by atoms with van der Waals surface area (Å²) in [7, 11) is 0. The van der Waals surface area contributed by atoms with Crippen LogP contribution in [0.1, 0.15) is 16.2 Å². The van der Waals surface area contributed by atoms with Crippen LogP contribution in [0.3, 0.4) is 0 Å². The molecule has 0 aliphatic carbocycles. The van der Waals surface area contributed by atoms with Gasteiger partial charge in [0, 0.05) is 11.6 Å². The van der Waals surface area contributed by atoms with Crippen molar-refractivity contribution in [2.24, 2.45) is 0 Å². The van der Waals surface area contributed by atoms with Crippen molar-refractivity contribution in [3.63, 3.8) is 0 Å². The van der Waals surface area contributed by atoms with Crippen LogP contribution in [-0.2, 0) is 6.42 Å². The van der Waals surface area contributed by atoms with Crippen LogP contribution < -0.4 is 11.2 Å². The van der Waals surface area contributed by atoms with Crippen LogP contribution in [0, 0.1) is 0 Å². The molecule has 3 aromatic heterocycles. The molecule has 0 atom stereocenters. The molecule has 4 rings (SSSR count). The summed E-state index contributed by atoms with van der Waals surface area (Å²) in [6, 6.07) is 10.3. The second-order valence-electron chi connectivity index (χ2n) is 5.26. The Morgan fingerprint density at radius 1 is 1.12 bits per heavy atom. The lowest BCUT2D eigenvalue weighted by Gasteiger charge is -2.05. The SMILES string of the molecule is O=C(Cc1nn2c(=O)[nH]c3ccccc3c2nc1=O)c1ccc[nH]1. The fourth-order valence-corrected chi connectivity index (χ4v) is 2.55. The Bertz CT molecular complexity index is 1190. The van der Waals surface area contributed by atoms with Crippen molar-refractivity contribution in [1.29, 1.82) is 0 Å². The number of rotatable bonds is 3. The summed E-state index contributed by atoms with van der Waals surface area (Å²) >= 11 is 0. The van der Waals surface area contributed by atoms with Crippen LogP contribution in [0.4, 0.5) is 0 Å². The van der Waals surface area contributed by atoms with Crippen molar-refractivity contribution >= 4 is 22.3 Å². The number of benzene rings is 1. The van der Waals surface area contributed by atoms with Gasteiger partial charge in [0.1, 0.15) is 5.69 Å². The molecule has 0 aliphatic rings. The van der Waals surface area contributed by atoms with Gasteiger partial charge in [-0.2, -0.15) is 14.6 Å². The van der Waals surface area contributed by atoms with Gasteiger partial charge in [0.05, 0.1) is 17.6 Å². The number of hydrogen-bond acceptors (Lipinski definition) is 5. The number of nitrogens with one attached hydrogen (secondary N) is 2. The first kappa shape index (κ1) is 14.1. The fraction of sp³-hybridized carbons (Fsp3) is 0.0625. The van der Waals surface area contributed by atoms with Crippen LogP contribution in [0.25, 0.3) is 16.6 Å². The summed E-state index contributed by atoms with van der Waals surface area (Å²) in [5.41, 5.74) is -0.126. The first-order valence-electron chi connectivity index (χ1n) is 7.21. The van der Waals surface area contributed by atoms with Crippen molar-refractivity contribution < 1.29 is 4.79 Å². The highest BCUT2D eigenvalue weighted by Crippen LogP contribution is 2.12. The van der Waals surface area contributed by atoms with E-state index in [1.165, 1.54) is 0 Å². The highest BCUT2D eigenvalue weighted by molar-refractivity contribution is 5.95. The maximum atomic E-state index is 12.2. The van der Waals surface area contributed by atoms with E-state index in [0.717, 1.165) is 4.52 Å². The van der Waals surface area contributed by atoms with Crippen molar-refractivity contribution in [1.82, 2.24) is 24.6 Å². The Morgan fingerprint density at radius 3 is 2.75 bits per heavy atom. The van der Waals surface area contributed by atoms with Crippen LogP contribution in [0.15, 0.2) is 52.2 Å². The maximum Gasteiger partial charge on any atom is 0.348 e. The third-order valence-corrected chi connectivity index (χ3v) is 3.70. The van der Waals surface area contributed by atoms with Crippen molar-refractivity contribution in [2.45, 2.75) is 6.42 Å². The molecule has 8 nitrogen and oxygen atoms in total. The van der Waals surface area contributed by atoms with E-state index in [1.807, 2.05) is 0 Å². The Kier molecular flexibility index (Phi) is 3.09. The number of carbonyl (C=O) groups is 1. The van der Waals surface area contributed by atoms with Crippen molar-refractivity contribution in [2.75, 3.05) is 0 Å². The third-order valence-electron chi connectivity index (χ3n) is 3.70. The molecule has 4 aromatic rings. The first-order chi connectivity index (χ1) is 11.6. The molecule has 0 fully saturated rings. The normalized spacial score (nSPS) is 11.2. The number of fused-ring (bicyclic) bond motifs is 3. The van der Waals surface area contributed by atoms with E-state index >= 15 is 0 Å². The summed E-state index contributed by atoms with van der Waals surface area (Å²) in [6.07, 6.45) is 1.38. The van der Waals surface area contributed by atoms with Gasteiger partial charge in [0.25, 0.3) is 5.56 Å². The zero-order valence-electron chi connectivity index (χ0n) is 12.3. The maximum absolute atomic E-state index is 12.2. The van der Waals surface area contributed by atoms with Crippen molar-refractivity contribution in [3.8, 4) is 0 Å². The van der Waals surface area contributed by atoms with E-state index in [0.29, 0.717) is 16.6 Å². The van der Waals surface area contributed by atoms with Crippen LogP contribution in [0.2, 0.25) is 0 Å².